The van der Waals surface area contributed by atoms with Crippen LogP contribution in [0.3, 0.4) is 0 Å². The molecule has 80 valence electrons. The van der Waals surface area contributed by atoms with E-state index in [-0.39, 0.29) is 6.10 Å². The van der Waals surface area contributed by atoms with Crippen LogP contribution in [0.15, 0.2) is 22.9 Å². The van der Waals surface area contributed by atoms with E-state index in [1.54, 1.807) is 22.7 Å². The fourth-order valence-electron chi connectivity index (χ4n) is 1.25. The molecule has 2 aromatic rings. The van der Waals surface area contributed by atoms with Crippen LogP contribution in [0.5, 0.6) is 0 Å². The van der Waals surface area contributed by atoms with E-state index in [1.165, 1.54) is 16.9 Å². The summed E-state index contributed by atoms with van der Waals surface area (Å²) in [5.41, 5.74) is 2.54. The molecule has 6 heteroatoms. The van der Waals surface area contributed by atoms with Gasteiger partial charge in [-0.25, -0.2) is 0 Å². The number of hydrogen-bond donors (Lipinski definition) is 0. The Hall–Kier alpha value is 1.55. The Kier molecular flexibility index (Phi) is 5.14. The molecule has 0 radical (unpaired) electrons. The van der Waals surface area contributed by atoms with Gasteiger partial charge in [0.2, 0.25) is 0 Å². The van der Waals surface area contributed by atoms with E-state index in [1.807, 2.05) is 23.0 Å². The second-order valence-electron chi connectivity index (χ2n) is 2.77. The normalized spacial score (nSPS) is 11.2. The second kappa shape index (κ2) is 5.94. The fraction of sp³-hybridized carbons (Fsp3) is 0.111. The molecule has 15 heavy (non-hydrogen) atoms. The first-order chi connectivity index (χ1) is 7.24. The van der Waals surface area contributed by atoms with Crippen LogP contribution in [-0.2, 0) is 3.07 Å². The van der Waals surface area contributed by atoms with Gasteiger partial charge in [-0.1, -0.05) is 0 Å². The van der Waals surface area contributed by atoms with Crippen LogP contribution in [0.1, 0.15) is 17.2 Å². The van der Waals surface area contributed by atoms with Crippen molar-refractivity contribution < 1.29 is 3.07 Å². The van der Waals surface area contributed by atoms with Crippen molar-refractivity contribution in [2.45, 2.75) is 6.10 Å². The zero-order chi connectivity index (χ0) is 10.8. The van der Waals surface area contributed by atoms with Gasteiger partial charge in [-0.15, -0.1) is 22.7 Å². The molecule has 0 saturated heterocycles. The van der Waals surface area contributed by atoms with Gasteiger partial charge in [0.25, 0.3) is 0 Å². The highest BCUT2D eigenvalue weighted by Crippen LogP contribution is 2.37. The van der Waals surface area contributed by atoms with E-state index < -0.39 is 0 Å². The van der Waals surface area contributed by atoms with Gasteiger partial charge in [-0.3, -0.25) is 0 Å². The average molecular weight is 574 g/mol. The molecular weight excluding hydrogens is 569 g/mol. The molecule has 0 atom stereocenters. The van der Waals surface area contributed by atoms with E-state index in [0.29, 0.717) is 0 Å². The number of rotatable bonds is 3. The van der Waals surface area contributed by atoms with Gasteiger partial charge >= 0.3 is 0 Å². The van der Waals surface area contributed by atoms with E-state index in [9.17, 15) is 0 Å². The number of halogens is 3. The van der Waals surface area contributed by atoms with E-state index in [0.717, 1.165) is 0 Å². The molecule has 0 aliphatic carbocycles. The Balaban J connectivity index is 2.41. The predicted molar refractivity (Wildman–Crippen MR) is 91.0 cm³/mol. The quantitative estimate of drug-likeness (QED) is 0.442. The highest BCUT2D eigenvalue weighted by atomic mass is 127. The van der Waals surface area contributed by atoms with Crippen LogP contribution in [0, 0.1) is 5.77 Å². The lowest BCUT2D eigenvalue weighted by atomic mass is 10.1. The van der Waals surface area contributed by atoms with Gasteiger partial charge in [0.1, 0.15) is 29.1 Å². The number of hydrogen-bond acceptors (Lipinski definition) is 3. The summed E-state index contributed by atoms with van der Waals surface area (Å²) in [6.07, 6.45) is 0.0712. The zero-order valence-electron chi connectivity index (χ0n) is 7.25. The molecule has 0 spiro atoms. The lowest BCUT2D eigenvalue weighted by Crippen LogP contribution is -2.00. The largest absolute Gasteiger partial charge is 0.303 e. The first-order valence-corrected chi connectivity index (χ1v) is 8.77. The maximum absolute atomic E-state index is 5.57. The Morgan fingerprint density at radius 3 is 1.73 bits per heavy atom. The van der Waals surface area contributed by atoms with Gasteiger partial charge in [-0.05, 0) is 68.1 Å². The summed E-state index contributed by atoms with van der Waals surface area (Å²) < 4.78 is 8.18. The molecule has 1 nitrogen and oxygen atoms in total. The molecule has 2 aromatic heterocycles. The Morgan fingerprint density at radius 1 is 1.00 bits per heavy atom. The van der Waals surface area contributed by atoms with Gasteiger partial charge in [0, 0.05) is 11.1 Å². The lowest BCUT2D eigenvalue weighted by Gasteiger charge is -2.12. The average Bonchev–Trinajstić information content (AvgIpc) is 2.80. The van der Waals surface area contributed by atoms with Crippen LogP contribution < -0.4 is 0 Å². The minimum absolute atomic E-state index is 0.0712. The van der Waals surface area contributed by atoms with Crippen molar-refractivity contribution in [2.75, 3.05) is 0 Å². The van der Waals surface area contributed by atoms with Gasteiger partial charge < -0.3 is 3.07 Å². The highest BCUT2D eigenvalue weighted by molar-refractivity contribution is 14.1. The summed E-state index contributed by atoms with van der Waals surface area (Å²) in [4.78, 5) is 0. The molecular formula is C9H5I3OS2. The molecule has 0 fully saturated rings. The molecule has 0 amide bonds. The molecule has 2 heterocycles. The topological polar surface area (TPSA) is 9.23 Å². The maximum atomic E-state index is 5.57. The van der Waals surface area contributed by atoms with Crippen molar-refractivity contribution in [1.29, 1.82) is 0 Å². The van der Waals surface area contributed by atoms with Crippen molar-refractivity contribution in [2.24, 2.45) is 0 Å². The minimum atomic E-state index is 0.0712. The second-order valence-corrected chi connectivity index (χ2v) is 8.73. The summed E-state index contributed by atoms with van der Waals surface area (Å²) in [6.45, 7) is 0. The van der Waals surface area contributed by atoms with E-state index >= 15 is 0 Å². The van der Waals surface area contributed by atoms with Crippen LogP contribution in [0.2, 0.25) is 0 Å². The van der Waals surface area contributed by atoms with E-state index in [2.05, 4.69) is 68.1 Å². The standard InChI is InChI=1S/C9H5I3OS2/c10-8-5(1-3-14-8)7(13-12)6-2-4-15-9(6)11/h1-4,7H. The lowest BCUT2D eigenvalue weighted by molar-refractivity contribution is 0.342. The van der Waals surface area contributed by atoms with Crippen molar-refractivity contribution in [1.82, 2.24) is 0 Å². The van der Waals surface area contributed by atoms with Gasteiger partial charge in [0.15, 0.2) is 0 Å². The third kappa shape index (κ3) is 2.87. The summed E-state index contributed by atoms with van der Waals surface area (Å²) in [5.74, 6) is 0. The molecule has 0 unspecified atom stereocenters. The van der Waals surface area contributed by atoms with E-state index in [4.69, 9.17) is 3.07 Å². The first-order valence-electron chi connectivity index (χ1n) is 3.97. The maximum Gasteiger partial charge on any atom is 0.124 e. The molecule has 2 rings (SSSR count). The summed E-state index contributed by atoms with van der Waals surface area (Å²) in [7, 11) is 0. The highest BCUT2D eigenvalue weighted by Gasteiger charge is 2.20. The van der Waals surface area contributed by atoms with Crippen molar-refractivity contribution in [3.8, 4) is 0 Å². The third-order valence-electron chi connectivity index (χ3n) is 1.95. The summed E-state index contributed by atoms with van der Waals surface area (Å²) >= 11 is 10.2. The van der Waals surface area contributed by atoms with Crippen LogP contribution in [0.25, 0.3) is 0 Å². The minimum Gasteiger partial charge on any atom is -0.303 e. The van der Waals surface area contributed by atoms with Gasteiger partial charge in [-0.2, -0.15) is 0 Å². The van der Waals surface area contributed by atoms with Crippen molar-refractivity contribution >= 4 is 90.9 Å². The molecule has 0 aliphatic heterocycles. The Labute approximate surface area is 138 Å². The third-order valence-corrected chi connectivity index (χ3v) is 6.66. The van der Waals surface area contributed by atoms with Crippen molar-refractivity contribution in [3.63, 3.8) is 0 Å². The smallest absolute Gasteiger partial charge is 0.124 e. The van der Waals surface area contributed by atoms with Crippen LogP contribution >= 0.6 is 90.9 Å². The van der Waals surface area contributed by atoms with Gasteiger partial charge in [0.05, 0.1) is 5.77 Å². The Morgan fingerprint density at radius 2 is 1.47 bits per heavy atom. The Bertz CT molecular complexity index is 411. The molecule has 0 N–H and O–H groups in total. The zero-order valence-corrected chi connectivity index (χ0v) is 15.4. The monoisotopic (exact) mass is 574 g/mol. The summed E-state index contributed by atoms with van der Waals surface area (Å²) in [5, 5.41) is 4.22. The predicted octanol–water partition coefficient (Wildman–Crippen LogP) is 5.47. The van der Waals surface area contributed by atoms with Crippen LogP contribution in [-0.4, -0.2) is 0 Å². The number of thiophene rings is 2. The first kappa shape index (κ1) is 13.0. The fourth-order valence-corrected chi connectivity index (χ4v) is 4.89. The van der Waals surface area contributed by atoms with Crippen LogP contribution in [0.4, 0.5) is 0 Å². The summed E-state index contributed by atoms with van der Waals surface area (Å²) in [6, 6.07) is 4.28. The molecule has 0 aliphatic rings. The molecule has 0 bridgehead atoms. The molecule has 0 aromatic carbocycles. The van der Waals surface area contributed by atoms with Crippen molar-refractivity contribution in [3.05, 3.63) is 39.8 Å². The molecule has 0 saturated carbocycles. The SMILES string of the molecule is IOC(c1ccsc1I)c1ccsc1I.